The summed E-state index contributed by atoms with van der Waals surface area (Å²) in [6.45, 7) is 0.0682. The highest BCUT2D eigenvalue weighted by Gasteiger charge is 2.33. The van der Waals surface area contributed by atoms with Gasteiger partial charge in [-0.3, -0.25) is 0 Å². The van der Waals surface area contributed by atoms with Gasteiger partial charge in [0.2, 0.25) is 0 Å². The lowest BCUT2D eigenvalue weighted by Gasteiger charge is -2.24. The van der Waals surface area contributed by atoms with Gasteiger partial charge in [-0.1, -0.05) is 0 Å². The van der Waals surface area contributed by atoms with Crippen LogP contribution >= 0.6 is 0 Å². The molecule has 0 radical (unpaired) electrons. The van der Waals surface area contributed by atoms with Crippen LogP contribution in [0.4, 0.5) is 10.2 Å². The summed E-state index contributed by atoms with van der Waals surface area (Å²) >= 11 is 0. The second kappa shape index (κ2) is 4.45. The Morgan fingerprint density at radius 1 is 1.69 bits per heavy atom. The smallest absolute Gasteiger partial charge is 0.146 e. The Labute approximate surface area is 92.9 Å². The van der Waals surface area contributed by atoms with Gasteiger partial charge < -0.3 is 10.0 Å². The Morgan fingerprint density at radius 2 is 2.50 bits per heavy atom. The van der Waals surface area contributed by atoms with E-state index in [0.717, 1.165) is 0 Å². The Kier molecular flexibility index (Phi) is 3.02. The van der Waals surface area contributed by atoms with Crippen molar-refractivity contribution < 1.29 is 9.50 Å². The molecule has 0 saturated carbocycles. The molecular formula is C11H12FN3O. The van der Waals surface area contributed by atoms with Crippen molar-refractivity contribution in [3.63, 3.8) is 0 Å². The lowest BCUT2D eigenvalue weighted by molar-refractivity contribution is 0.255. The lowest BCUT2D eigenvalue weighted by atomic mass is 10.2. The normalized spacial score (nSPS) is 24.4. The highest BCUT2D eigenvalue weighted by molar-refractivity contribution is 5.55. The molecule has 2 atom stereocenters. The molecule has 0 spiro atoms. The van der Waals surface area contributed by atoms with Crippen molar-refractivity contribution >= 4 is 5.82 Å². The molecule has 1 aromatic heterocycles. The molecule has 1 aliphatic rings. The van der Waals surface area contributed by atoms with Crippen molar-refractivity contribution in [3.05, 3.63) is 23.9 Å². The van der Waals surface area contributed by atoms with Gasteiger partial charge in [0.1, 0.15) is 18.1 Å². The SMILES string of the molecule is N#Cc1cccnc1N1C[C@@H](F)C[C@H]1CO. The van der Waals surface area contributed by atoms with Crippen molar-refractivity contribution in [2.45, 2.75) is 18.6 Å². The average Bonchev–Trinajstić information content (AvgIpc) is 2.70. The van der Waals surface area contributed by atoms with Crippen LogP contribution in [-0.2, 0) is 0 Å². The highest BCUT2D eigenvalue weighted by Crippen LogP contribution is 2.27. The number of hydrogen-bond donors (Lipinski definition) is 1. The van der Waals surface area contributed by atoms with Crippen molar-refractivity contribution in [1.82, 2.24) is 4.98 Å². The summed E-state index contributed by atoms with van der Waals surface area (Å²) in [7, 11) is 0. The van der Waals surface area contributed by atoms with Gasteiger partial charge in [-0.2, -0.15) is 5.26 Å². The molecule has 1 saturated heterocycles. The molecule has 4 nitrogen and oxygen atoms in total. The van der Waals surface area contributed by atoms with E-state index in [-0.39, 0.29) is 25.6 Å². The third kappa shape index (κ3) is 1.84. The van der Waals surface area contributed by atoms with Gasteiger partial charge in [-0.05, 0) is 12.1 Å². The molecule has 5 heteroatoms. The number of aliphatic hydroxyl groups is 1. The summed E-state index contributed by atoms with van der Waals surface area (Å²) < 4.78 is 13.3. The molecule has 1 N–H and O–H groups in total. The van der Waals surface area contributed by atoms with Crippen LogP contribution in [0.15, 0.2) is 18.3 Å². The number of halogens is 1. The zero-order chi connectivity index (χ0) is 11.5. The van der Waals surface area contributed by atoms with E-state index >= 15 is 0 Å². The van der Waals surface area contributed by atoms with E-state index in [4.69, 9.17) is 10.4 Å². The van der Waals surface area contributed by atoms with Gasteiger partial charge in [0.05, 0.1) is 24.8 Å². The minimum atomic E-state index is -0.967. The number of rotatable bonds is 2. The van der Waals surface area contributed by atoms with Gasteiger partial charge in [0.15, 0.2) is 0 Å². The maximum atomic E-state index is 13.3. The van der Waals surface area contributed by atoms with Crippen molar-refractivity contribution in [2.24, 2.45) is 0 Å². The average molecular weight is 221 g/mol. The molecule has 2 heterocycles. The molecule has 2 rings (SSSR count). The van der Waals surface area contributed by atoms with Gasteiger partial charge in [-0.15, -0.1) is 0 Å². The van der Waals surface area contributed by atoms with E-state index in [1.54, 1.807) is 23.2 Å². The van der Waals surface area contributed by atoms with Crippen LogP contribution < -0.4 is 4.90 Å². The Bertz CT molecular complexity index is 418. The van der Waals surface area contributed by atoms with Crippen LogP contribution in [-0.4, -0.2) is 35.5 Å². The van der Waals surface area contributed by atoms with Crippen molar-refractivity contribution in [3.8, 4) is 6.07 Å². The van der Waals surface area contributed by atoms with Crippen molar-refractivity contribution in [2.75, 3.05) is 18.1 Å². The zero-order valence-corrected chi connectivity index (χ0v) is 8.67. The molecule has 16 heavy (non-hydrogen) atoms. The van der Waals surface area contributed by atoms with Gasteiger partial charge in [-0.25, -0.2) is 9.37 Å². The fourth-order valence-electron chi connectivity index (χ4n) is 2.01. The highest BCUT2D eigenvalue weighted by atomic mass is 19.1. The lowest BCUT2D eigenvalue weighted by Crippen LogP contribution is -2.33. The van der Waals surface area contributed by atoms with E-state index in [2.05, 4.69) is 4.98 Å². The third-order valence-corrected chi connectivity index (χ3v) is 2.75. The maximum absolute atomic E-state index is 13.3. The second-order valence-electron chi connectivity index (χ2n) is 3.81. The number of hydrogen-bond acceptors (Lipinski definition) is 4. The standard InChI is InChI=1S/C11H12FN3O/c12-9-4-10(7-16)15(6-9)11-8(5-13)2-1-3-14-11/h1-3,9-10,16H,4,6-7H2/t9-,10-/m0/s1. The third-order valence-electron chi connectivity index (χ3n) is 2.75. The van der Waals surface area contributed by atoms with Crippen LogP contribution in [0.1, 0.15) is 12.0 Å². The minimum absolute atomic E-state index is 0.123. The van der Waals surface area contributed by atoms with Gasteiger partial charge in [0, 0.05) is 12.6 Å². The zero-order valence-electron chi connectivity index (χ0n) is 8.67. The molecule has 1 aromatic rings. The van der Waals surface area contributed by atoms with Gasteiger partial charge >= 0.3 is 0 Å². The summed E-state index contributed by atoms with van der Waals surface area (Å²) in [5.74, 6) is 0.462. The summed E-state index contributed by atoms with van der Waals surface area (Å²) in [5.41, 5.74) is 0.412. The number of aromatic nitrogens is 1. The molecule has 0 amide bonds. The molecular weight excluding hydrogens is 209 g/mol. The maximum Gasteiger partial charge on any atom is 0.146 e. The first-order valence-corrected chi connectivity index (χ1v) is 5.13. The topological polar surface area (TPSA) is 60.2 Å². The first kappa shape index (κ1) is 10.8. The number of alkyl halides is 1. The predicted molar refractivity (Wildman–Crippen MR) is 56.7 cm³/mol. The number of anilines is 1. The number of nitrogens with zero attached hydrogens (tertiary/aromatic N) is 3. The van der Waals surface area contributed by atoms with E-state index in [9.17, 15) is 4.39 Å². The summed E-state index contributed by atoms with van der Waals surface area (Å²) in [6, 6.07) is 5.05. The molecule has 0 aliphatic carbocycles. The van der Waals surface area contributed by atoms with Crippen LogP contribution in [0.25, 0.3) is 0 Å². The van der Waals surface area contributed by atoms with Crippen LogP contribution in [0, 0.1) is 11.3 Å². The van der Waals surface area contributed by atoms with Crippen molar-refractivity contribution in [1.29, 1.82) is 5.26 Å². The Morgan fingerprint density at radius 3 is 3.19 bits per heavy atom. The van der Waals surface area contributed by atoms with Gasteiger partial charge in [0.25, 0.3) is 0 Å². The van der Waals surface area contributed by atoms with E-state index in [1.165, 1.54) is 0 Å². The predicted octanol–water partition coefficient (Wildman–Crippen LogP) is 0.862. The monoisotopic (exact) mass is 221 g/mol. The number of aliphatic hydroxyl groups excluding tert-OH is 1. The molecule has 0 unspecified atom stereocenters. The quantitative estimate of drug-likeness (QED) is 0.804. The largest absolute Gasteiger partial charge is 0.394 e. The Hall–Kier alpha value is -1.67. The van der Waals surface area contributed by atoms with Crippen LogP contribution in [0.2, 0.25) is 0 Å². The minimum Gasteiger partial charge on any atom is -0.394 e. The molecule has 0 aromatic carbocycles. The summed E-state index contributed by atoms with van der Waals surface area (Å²) in [6.07, 6.45) is 0.888. The molecule has 1 aliphatic heterocycles. The first-order valence-electron chi connectivity index (χ1n) is 5.13. The number of nitriles is 1. The Balaban J connectivity index is 2.33. The van der Waals surface area contributed by atoms with E-state index < -0.39 is 6.17 Å². The fourth-order valence-corrected chi connectivity index (χ4v) is 2.01. The van der Waals surface area contributed by atoms with Crippen LogP contribution in [0.5, 0.6) is 0 Å². The fraction of sp³-hybridized carbons (Fsp3) is 0.455. The summed E-state index contributed by atoms with van der Waals surface area (Å²) in [5, 5.41) is 18.1. The molecule has 84 valence electrons. The molecule has 0 bridgehead atoms. The van der Waals surface area contributed by atoms with Crippen LogP contribution in [0.3, 0.4) is 0 Å². The van der Waals surface area contributed by atoms with E-state index in [0.29, 0.717) is 11.4 Å². The summed E-state index contributed by atoms with van der Waals surface area (Å²) in [4.78, 5) is 5.76. The second-order valence-corrected chi connectivity index (χ2v) is 3.81. The van der Waals surface area contributed by atoms with E-state index in [1.807, 2.05) is 6.07 Å². The number of pyridine rings is 1. The first-order chi connectivity index (χ1) is 7.76. The molecule has 1 fully saturated rings.